The number of aryl methyl sites for hydroxylation is 1. The van der Waals surface area contributed by atoms with Crippen molar-refractivity contribution in [2.75, 3.05) is 13.1 Å². The van der Waals surface area contributed by atoms with E-state index in [0.29, 0.717) is 18.3 Å². The highest BCUT2D eigenvalue weighted by atomic mass is 19.1. The van der Waals surface area contributed by atoms with E-state index in [1.165, 1.54) is 17.8 Å². The Kier molecular flexibility index (Phi) is 5.25. The van der Waals surface area contributed by atoms with Gasteiger partial charge in [0.2, 0.25) is 0 Å². The fraction of sp³-hybridized carbons (Fsp3) is 0.524. The van der Waals surface area contributed by atoms with E-state index < -0.39 is 0 Å². The lowest BCUT2D eigenvalue weighted by atomic mass is 9.91. The summed E-state index contributed by atoms with van der Waals surface area (Å²) in [6.45, 7) is 5.27. The van der Waals surface area contributed by atoms with Crippen LogP contribution < -0.4 is 5.32 Å². The van der Waals surface area contributed by atoms with Crippen LogP contribution in [0.2, 0.25) is 0 Å². The molecule has 0 radical (unpaired) electrons. The molecule has 1 atom stereocenters. The van der Waals surface area contributed by atoms with Crippen LogP contribution in [0.5, 0.6) is 0 Å². The lowest BCUT2D eigenvalue weighted by molar-refractivity contribution is 0.0785. The predicted octanol–water partition coefficient (Wildman–Crippen LogP) is 2.93. The van der Waals surface area contributed by atoms with E-state index in [2.05, 4.69) is 17.3 Å². The van der Waals surface area contributed by atoms with Gasteiger partial charge in [-0.15, -0.1) is 0 Å². The summed E-state index contributed by atoms with van der Waals surface area (Å²) in [5.41, 5.74) is 4.07. The van der Waals surface area contributed by atoms with Crippen molar-refractivity contribution in [3.8, 4) is 0 Å². The number of aromatic nitrogens is 2. The predicted molar refractivity (Wildman–Crippen MR) is 102 cm³/mol. The summed E-state index contributed by atoms with van der Waals surface area (Å²) >= 11 is 0. The van der Waals surface area contributed by atoms with E-state index in [1.54, 1.807) is 0 Å². The molecule has 2 heterocycles. The van der Waals surface area contributed by atoms with Gasteiger partial charge < -0.3 is 10.2 Å². The van der Waals surface area contributed by atoms with Crippen molar-refractivity contribution in [1.29, 1.82) is 0 Å². The number of hydrogen-bond acceptors (Lipinski definition) is 3. The zero-order valence-corrected chi connectivity index (χ0v) is 15.9. The van der Waals surface area contributed by atoms with Crippen molar-refractivity contribution in [3.63, 3.8) is 0 Å². The van der Waals surface area contributed by atoms with Gasteiger partial charge >= 0.3 is 0 Å². The number of nitrogens with one attached hydrogen (secondary N) is 1. The summed E-state index contributed by atoms with van der Waals surface area (Å²) < 4.78 is 15.1. The zero-order chi connectivity index (χ0) is 18.8. The van der Waals surface area contributed by atoms with Gasteiger partial charge in [-0.1, -0.05) is 12.1 Å². The van der Waals surface area contributed by atoms with Crippen LogP contribution in [0.25, 0.3) is 0 Å². The topological polar surface area (TPSA) is 50.2 Å². The average molecular weight is 370 g/mol. The summed E-state index contributed by atoms with van der Waals surface area (Å²) in [5.74, 6) is -0.117. The largest absolute Gasteiger partial charge is 0.337 e. The van der Waals surface area contributed by atoms with Crippen molar-refractivity contribution in [2.24, 2.45) is 0 Å². The van der Waals surface area contributed by atoms with Crippen LogP contribution in [0.15, 0.2) is 24.3 Å². The van der Waals surface area contributed by atoms with E-state index in [-0.39, 0.29) is 11.7 Å². The van der Waals surface area contributed by atoms with Crippen LogP contribution in [0, 0.1) is 5.82 Å². The molecule has 0 bridgehead atoms. The number of nitrogens with zero attached hydrogens (tertiary/aromatic N) is 3. The molecule has 6 heteroatoms. The smallest absolute Gasteiger partial charge is 0.274 e. The van der Waals surface area contributed by atoms with Crippen LogP contribution in [0.4, 0.5) is 4.39 Å². The summed E-state index contributed by atoms with van der Waals surface area (Å²) in [7, 11) is 0. The average Bonchev–Trinajstić information content (AvgIpc) is 3.35. The van der Waals surface area contributed by atoms with Crippen LogP contribution in [0.1, 0.15) is 53.5 Å². The molecule has 1 amide bonds. The minimum Gasteiger partial charge on any atom is -0.337 e. The molecule has 1 fully saturated rings. The van der Waals surface area contributed by atoms with Crippen molar-refractivity contribution < 1.29 is 9.18 Å². The molecule has 0 spiro atoms. The molecule has 5 nitrogen and oxygen atoms in total. The molecule has 1 N–H and O–H groups in total. The molecule has 4 rings (SSSR count). The number of rotatable bonds is 5. The van der Waals surface area contributed by atoms with E-state index in [0.717, 1.165) is 62.9 Å². The first kappa shape index (κ1) is 18.2. The Hall–Kier alpha value is -2.21. The molecule has 1 aliphatic heterocycles. The SMILES string of the molecule is CCn1nc(C(=O)N2CCCC2)c2c1CCC(NCc1ccc(F)cc1)C2. The van der Waals surface area contributed by atoms with Gasteiger partial charge in [0, 0.05) is 43.5 Å². The van der Waals surface area contributed by atoms with Crippen LogP contribution in [0.3, 0.4) is 0 Å². The second kappa shape index (κ2) is 7.80. The van der Waals surface area contributed by atoms with Crippen LogP contribution in [-0.2, 0) is 25.9 Å². The van der Waals surface area contributed by atoms with Gasteiger partial charge in [-0.3, -0.25) is 9.48 Å². The highest BCUT2D eigenvalue weighted by Crippen LogP contribution is 2.27. The Balaban J connectivity index is 1.49. The maximum atomic E-state index is 13.1. The molecule has 144 valence electrons. The minimum absolute atomic E-state index is 0.0927. The molecular weight excluding hydrogens is 343 g/mol. The standard InChI is InChI=1S/C21H27FN4O/c1-2-26-19-10-9-17(23-14-15-5-7-16(22)8-6-15)13-18(19)20(24-26)21(27)25-11-3-4-12-25/h5-8,17,23H,2-4,9-14H2,1H3. The second-order valence-electron chi connectivity index (χ2n) is 7.54. The first-order chi connectivity index (χ1) is 13.2. The second-order valence-corrected chi connectivity index (χ2v) is 7.54. The first-order valence-electron chi connectivity index (χ1n) is 10.0. The Bertz CT molecular complexity index is 808. The van der Waals surface area contributed by atoms with Gasteiger partial charge in [-0.05, 0) is 56.7 Å². The third kappa shape index (κ3) is 3.76. The van der Waals surface area contributed by atoms with Gasteiger partial charge in [0.05, 0.1) is 0 Å². The van der Waals surface area contributed by atoms with Crippen molar-refractivity contribution in [2.45, 2.75) is 58.2 Å². The summed E-state index contributed by atoms with van der Waals surface area (Å²) in [5, 5.41) is 8.25. The lowest BCUT2D eigenvalue weighted by Gasteiger charge is -2.25. The highest BCUT2D eigenvalue weighted by molar-refractivity contribution is 5.94. The molecule has 27 heavy (non-hydrogen) atoms. The van der Waals surface area contributed by atoms with E-state index >= 15 is 0 Å². The minimum atomic E-state index is -0.210. The molecule has 1 saturated heterocycles. The Labute approximate surface area is 159 Å². The Morgan fingerprint density at radius 3 is 2.70 bits per heavy atom. The van der Waals surface area contributed by atoms with Crippen molar-refractivity contribution in [1.82, 2.24) is 20.0 Å². The van der Waals surface area contributed by atoms with Crippen LogP contribution in [-0.4, -0.2) is 39.7 Å². The molecule has 1 unspecified atom stereocenters. The van der Waals surface area contributed by atoms with Gasteiger partial charge in [0.25, 0.3) is 5.91 Å². The molecule has 1 aromatic carbocycles. The fourth-order valence-electron chi connectivity index (χ4n) is 4.23. The Morgan fingerprint density at radius 2 is 2.00 bits per heavy atom. The summed E-state index contributed by atoms with van der Waals surface area (Å²) in [4.78, 5) is 14.9. The number of carbonyl (C=O) groups is 1. The summed E-state index contributed by atoms with van der Waals surface area (Å²) in [6, 6.07) is 6.92. The third-order valence-corrected chi connectivity index (χ3v) is 5.75. The quantitative estimate of drug-likeness (QED) is 0.880. The highest BCUT2D eigenvalue weighted by Gasteiger charge is 2.31. The normalized spacial score (nSPS) is 19.3. The Morgan fingerprint density at radius 1 is 1.26 bits per heavy atom. The van der Waals surface area contributed by atoms with Gasteiger partial charge in [0.1, 0.15) is 5.82 Å². The van der Waals surface area contributed by atoms with E-state index in [9.17, 15) is 9.18 Å². The van der Waals surface area contributed by atoms with Crippen molar-refractivity contribution in [3.05, 3.63) is 52.6 Å². The molecule has 1 aromatic heterocycles. The number of hydrogen-bond donors (Lipinski definition) is 1. The molecule has 2 aromatic rings. The number of likely N-dealkylation sites (tertiary alicyclic amines) is 1. The fourth-order valence-corrected chi connectivity index (χ4v) is 4.23. The lowest BCUT2D eigenvalue weighted by Crippen LogP contribution is -2.35. The monoisotopic (exact) mass is 370 g/mol. The molecule has 1 aliphatic carbocycles. The van der Waals surface area contributed by atoms with E-state index in [1.807, 2.05) is 21.7 Å². The molecule has 2 aliphatic rings. The number of benzene rings is 1. The van der Waals surface area contributed by atoms with Gasteiger partial charge in [0.15, 0.2) is 5.69 Å². The third-order valence-electron chi connectivity index (χ3n) is 5.75. The molecule has 0 saturated carbocycles. The van der Waals surface area contributed by atoms with Gasteiger partial charge in [-0.2, -0.15) is 5.10 Å². The maximum absolute atomic E-state index is 13.1. The number of fused-ring (bicyclic) bond motifs is 1. The van der Waals surface area contributed by atoms with E-state index in [4.69, 9.17) is 0 Å². The zero-order valence-electron chi connectivity index (χ0n) is 15.9. The van der Waals surface area contributed by atoms with Gasteiger partial charge in [-0.25, -0.2) is 4.39 Å². The van der Waals surface area contributed by atoms with Crippen LogP contribution >= 0.6 is 0 Å². The molecular formula is C21H27FN4O. The first-order valence-corrected chi connectivity index (χ1v) is 10.0. The summed E-state index contributed by atoms with van der Waals surface area (Å²) in [6.07, 6.45) is 4.96. The number of carbonyl (C=O) groups excluding carboxylic acids is 1. The number of amides is 1. The maximum Gasteiger partial charge on any atom is 0.274 e. The van der Waals surface area contributed by atoms with Crippen molar-refractivity contribution >= 4 is 5.91 Å². The number of halogens is 1.